The van der Waals surface area contributed by atoms with E-state index in [1.165, 1.54) is 5.56 Å². The SMILES string of the molecule is CCNc1nc(-n2nc(C)c(CC)c2C)c(Cl)cc1Cl. The van der Waals surface area contributed by atoms with E-state index in [1.54, 1.807) is 10.7 Å². The van der Waals surface area contributed by atoms with Gasteiger partial charge in [-0.2, -0.15) is 5.10 Å². The van der Waals surface area contributed by atoms with Gasteiger partial charge in [-0.25, -0.2) is 9.67 Å². The van der Waals surface area contributed by atoms with Crippen molar-refractivity contribution in [2.75, 3.05) is 11.9 Å². The molecule has 0 unspecified atom stereocenters. The highest BCUT2D eigenvalue weighted by molar-refractivity contribution is 6.36. The summed E-state index contributed by atoms with van der Waals surface area (Å²) in [7, 11) is 0. The number of pyridine rings is 1. The first-order valence-corrected chi connectivity index (χ1v) is 7.40. The summed E-state index contributed by atoms with van der Waals surface area (Å²) >= 11 is 12.4. The molecule has 0 aliphatic heterocycles. The Morgan fingerprint density at radius 2 is 1.90 bits per heavy atom. The van der Waals surface area contributed by atoms with Gasteiger partial charge in [-0.15, -0.1) is 0 Å². The fourth-order valence-electron chi connectivity index (χ4n) is 2.29. The molecule has 108 valence electrons. The molecule has 2 aromatic rings. The molecule has 2 rings (SSSR count). The van der Waals surface area contributed by atoms with E-state index in [2.05, 4.69) is 22.3 Å². The molecule has 0 amide bonds. The van der Waals surface area contributed by atoms with Crippen LogP contribution in [0.3, 0.4) is 0 Å². The van der Waals surface area contributed by atoms with Crippen LogP contribution in [0.4, 0.5) is 5.82 Å². The number of aromatic nitrogens is 3. The molecule has 2 heterocycles. The Hall–Kier alpha value is -1.26. The topological polar surface area (TPSA) is 42.7 Å². The van der Waals surface area contributed by atoms with Crippen LogP contribution in [0.15, 0.2) is 6.07 Å². The Morgan fingerprint density at radius 1 is 1.20 bits per heavy atom. The summed E-state index contributed by atoms with van der Waals surface area (Å²) in [4.78, 5) is 4.51. The lowest BCUT2D eigenvalue weighted by Gasteiger charge is -2.11. The second-order valence-electron chi connectivity index (χ2n) is 4.57. The molecular formula is C14H18Cl2N4. The van der Waals surface area contributed by atoms with E-state index in [1.807, 2.05) is 20.8 Å². The Morgan fingerprint density at radius 3 is 2.45 bits per heavy atom. The van der Waals surface area contributed by atoms with E-state index in [-0.39, 0.29) is 0 Å². The van der Waals surface area contributed by atoms with Gasteiger partial charge in [0, 0.05) is 12.2 Å². The number of halogens is 2. The molecule has 2 aromatic heterocycles. The normalized spacial score (nSPS) is 10.9. The van der Waals surface area contributed by atoms with Crippen molar-refractivity contribution in [2.45, 2.75) is 34.1 Å². The first kappa shape index (κ1) is 15.1. The molecule has 0 radical (unpaired) electrons. The maximum Gasteiger partial charge on any atom is 0.174 e. The van der Waals surface area contributed by atoms with E-state index in [9.17, 15) is 0 Å². The van der Waals surface area contributed by atoms with Crippen molar-refractivity contribution in [1.82, 2.24) is 14.8 Å². The molecule has 0 aromatic carbocycles. The maximum absolute atomic E-state index is 6.28. The summed E-state index contributed by atoms with van der Waals surface area (Å²) in [5.41, 5.74) is 3.29. The highest BCUT2D eigenvalue weighted by atomic mass is 35.5. The van der Waals surface area contributed by atoms with Crippen molar-refractivity contribution < 1.29 is 0 Å². The van der Waals surface area contributed by atoms with Gasteiger partial charge in [-0.1, -0.05) is 30.1 Å². The number of rotatable bonds is 4. The zero-order chi connectivity index (χ0) is 14.9. The predicted molar refractivity (Wildman–Crippen MR) is 84.4 cm³/mol. The zero-order valence-electron chi connectivity index (χ0n) is 12.1. The van der Waals surface area contributed by atoms with Crippen LogP contribution in [0.25, 0.3) is 5.82 Å². The molecule has 0 spiro atoms. The average Bonchev–Trinajstić information content (AvgIpc) is 2.68. The third-order valence-corrected chi connectivity index (χ3v) is 3.82. The lowest BCUT2D eigenvalue weighted by Crippen LogP contribution is -2.07. The van der Waals surface area contributed by atoms with Crippen molar-refractivity contribution in [2.24, 2.45) is 0 Å². The van der Waals surface area contributed by atoms with Crippen LogP contribution < -0.4 is 5.32 Å². The largest absolute Gasteiger partial charge is 0.369 e. The summed E-state index contributed by atoms with van der Waals surface area (Å²) in [6.45, 7) is 8.87. The fraction of sp³-hybridized carbons (Fsp3) is 0.429. The Balaban J connectivity index is 2.60. The minimum Gasteiger partial charge on any atom is -0.369 e. The highest BCUT2D eigenvalue weighted by Crippen LogP contribution is 2.29. The third kappa shape index (κ3) is 2.63. The van der Waals surface area contributed by atoms with E-state index in [4.69, 9.17) is 23.2 Å². The standard InChI is InChI=1S/C14H18Cl2N4/c1-5-10-8(3)19-20(9(10)4)14-12(16)7-11(15)13(18-14)17-6-2/h7H,5-6H2,1-4H3,(H,17,18). The van der Waals surface area contributed by atoms with Gasteiger partial charge >= 0.3 is 0 Å². The number of anilines is 1. The smallest absolute Gasteiger partial charge is 0.174 e. The van der Waals surface area contributed by atoms with Gasteiger partial charge in [-0.3, -0.25) is 0 Å². The van der Waals surface area contributed by atoms with Crippen molar-refractivity contribution in [3.63, 3.8) is 0 Å². The average molecular weight is 313 g/mol. The summed E-state index contributed by atoms with van der Waals surface area (Å²) in [5.74, 6) is 1.23. The fourth-order valence-corrected chi connectivity index (χ4v) is 2.80. The van der Waals surface area contributed by atoms with E-state index >= 15 is 0 Å². The number of nitrogens with one attached hydrogen (secondary N) is 1. The molecule has 6 heteroatoms. The number of hydrogen-bond donors (Lipinski definition) is 1. The van der Waals surface area contributed by atoms with Crippen LogP contribution in [-0.4, -0.2) is 21.3 Å². The Bertz CT molecular complexity index is 635. The van der Waals surface area contributed by atoms with Gasteiger partial charge in [-0.05, 0) is 38.8 Å². The Labute approximate surface area is 129 Å². The molecule has 20 heavy (non-hydrogen) atoms. The molecule has 0 aliphatic carbocycles. The molecule has 0 bridgehead atoms. The van der Waals surface area contributed by atoms with Crippen molar-refractivity contribution >= 4 is 29.0 Å². The zero-order valence-corrected chi connectivity index (χ0v) is 13.6. The van der Waals surface area contributed by atoms with Gasteiger partial charge in [0.1, 0.15) is 5.82 Å². The van der Waals surface area contributed by atoms with Crippen LogP contribution in [0.5, 0.6) is 0 Å². The van der Waals surface area contributed by atoms with Crippen LogP contribution in [-0.2, 0) is 6.42 Å². The van der Waals surface area contributed by atoms with Gasteiger partial charge in [0.2, 0.25) is 0 Å². The van der Waals surface area contributed by atoms with Crippen LogP contribution in [0.1, 0.15) is 30.8 Å². The molecule has 0 atom stereocenters. The van der Waals surface area contributed by atoms with Gasteiger partial charge in [0.05, 0.1) is 15.7 Å². The Kier molecular flexibility index (Phi) is 4.55. The minimum atomic E-state index is 0.491. The summed E-state index contributed by atoms with van der Waals surface area (Å²) in [6.07, 6.45) is 0.933. The molecular weight excluding hydrogens is 295 g/mol. The number of aryl methyl sites for hydroxylation is 1. The number of nitrogens with zero attached hydrogens (tertiary/aromatic N) is 3. The molecule has 1 N–H and O–H groups in total. The van der Waals surface area contributed by atoms with E-state index in [0.717, 1.165) is 24.4 Å². The quantitative estimate of drug-likeness (QED) is 0.920. The highest BCUT2D eigenvalue weighted by Gasteiger charge is 2.16. The summed E-state index contributed by atoms with van der Waals surface area (Å²) in [6, 6.07) is 1.70. The van der Waals surface area contributed by atoms with Gasteiger partial charge in [0.15, 0.2) is 5.82 Å². The van der Waals surface area contributed by atoms with Crippen molar-refractivity contribution in [1.29, 1.82) is 0 Å². The number of hydrogen-bond acceptors (Lipinski definition) is 3. The van der Waals surface area contributed by atoms with Gasteiger partial charge < -0.3 is 5.32 Å². The van der Waals surface area contributed by atoms with E-state index in [0.29, 0.717) is 21.7 Å². The lowest BCUT2D eigenvalue weighted by molar-refractivity contribution is 0.805. The van der Waals surface area contributed by atoms with Crippen LogP contribution >= 0.6 is 23.2 Å². The molecule has 0 saturated carbocycles. The monoisotopic (exact) mass is 312 g/mol. The maximum atomic E-state index is 6.28. The minimum absolute atomic E-state index is 0.491. The van der Waals surface area contributed by atoms with Crippen molar-refractivity contribution in [3.8, 4) is 5.82 Å². The second-order valence-corrected chi connectivity index (χ2v) is 5.38. The molecule has 0 saturated heterocycles. The molecule has 0 fully saturated rings. The van der Waals surface area contributed by atoms with Gasteiger partial charge in [0.25, 0.3) is 0 Å². The van der Waals surface area contributed by atoms with Crippen molar-refractivity contribution in [3.05, 3.63) is 33.1 Å². The van der Waals surface area contributed by atoms with Crippen LogP contribution in [0, 0.1) is 13.8 Å². The third-order valence-electron chi connectivity index (χ3n) is 3.25. The second kappa shape index (κ2) is 6.02. The summed E-state index contributed by atoms with van der Waals surface area (Å²) < 4.78 is 1.79. The van der Waals surface area contributed by atoms with Crippen LogP contribution in [0.2, 0.25) is 10.0 Å². The molecule has 4 nitrogen and oxygen atoms in total. The van der Waals surface area contributed by atoms with E-state index < -0.39 is 0 Å². The first-order valence-electron chi connectivity index (χ1n) is 6.64. The first-order chi connectivity index (χ1) is 9.49. The predicted octanol–water partition coefficient (Wildman–Crippen LogP) is 4.19. The molecule has 0 aliphatic rings. The lowest BCUT2D eigenvalue weighted by atomic mass is 10.1. The summed E-state index contributed by atoms with van der Waals surface area (Å²) in [5, 5.41) is 8.67.